The number of hydrogen-bond acceptors (Lipinski definition) is 3. The first-order valence-corrected chi connectivity index (χ1v) is 4.19. The third-order valence-electron chi connectivity index (χ3n) is 1.50. The maximum atomic E-state index is 10.4. The van der Waals surface area contributed by atoms with Gasteiger partial charge in [-0.25, -0.2) is 4.31 Å². The van der Waals surface area contributed by atoms with Crippen LogP contribution in [0, 0.1) is 0 Å². The molecule has 0 radical (unpaired) electrons. The molecule has 0 saturated carbocycles. The van der Waals surface area contributed by atoms with Gasteiger partial charge >= 0.3 is 0 Å². The Bertz CT molecular complexity index is 141. The molecular formula is C5H10NO3S-. The van der Waals surface area contributed by atoms with Crippen molar-refractivity contribution in [2.24, 2.45) is 0 Å². The maximum absolute atomic E-state index is 10.4. The zero-order valence-corrected chi connectivity index (χ0v) is 6.60. The van der Waals surface area contributed by atoms with Gasteiger partial charge in [0.2, 0.25) is 0 Å². The number of rotatable bonds is 1. The SMILES string of the molecule is CC1COCCN1S(=O)[O-]. The van der Waals surface area contributed by atoms with Crippen molar-refractivity contribution >= 4 is 11.3 Å². The van der Waals surface area contributed by atoms with Crippen LogP contribution in [0.2, 0.25) is 0 Å². The molecule has 2 atom stereocenters. The molecule has 0 aromatic carbocycles. The van der Waals surface area contributed by atoms with Gasteiger partial charge in [0.1, 0.15) is 0 Å². The molecule has 5 heteroatoms. The lowest BCUT2D eigenvalue weighted by atomic mass is 10.3. The summed E-state index contributed by atoms with van der Waals surface area (Å²) >= 11 is -2.08. The normalized spacial score (nSPS) is 32.0. The molecule has 0 N–H and O–H groups in total. The molecule has 0 aliphatic carbocycles. The van der Waals surface area contributed by atoms with Crippen LogP contribution in [0.3, 0.4) is 0 Å². The Balaban J connectivity index is 2.47. The summed E-state index contributed by atoms with van der Waals surface area (Å²) in [5.41, 5.74) is 0. The lowest BCUT2D eigenvalue weighted by molar-refractivity contribution is 0.0383. The molecule has 0 aromatic heterocycles. The monoisotopic (exact) mass is 164 g/mol. The second kappa shape index (κ2) is 3.43. The zero-order valence-electron chi connectivity index (χ0n) is 5.78. The lowest BCUT2D eigenvalue weighted by Gasteiger charge is -2.33. The zero-order chi connectivity index (χ0) is 7.56. The minimum Gasteiger partial charge on any atom is -0.760 e. The Kier molecular flexibility index (Phi) is 2.79. The van der Waals surface area contributed by atoms with Crippen LogP contribution in [0.25, 0.3) is 0 Å². The summed E-state index contributed by atoms with van der Waals surface area (Å²) in [7, 11) is 0. The molecular weight excluding hydrogens is 154 g/mol. The molecule has 0 bridgehead atoms. The van der Waals surface area contributed by atoms with Crippen LogP contribution in [0.15, 0.2) is 0 Å². The lowest BCUT2D eigenvalue weighted by Crippen LogP contribution is -2.44. The molecule has 0 aromatic rings. The molecule has 1 aliphatic heterocycles. The molecule has 0 spiro atoms. The first kappa shape index (κ1) is 8.13. The van der Waals surface area contributed by atoms with Gasteiger partial charge in [0, 0.05) is 23.9 Å². The summed E-state index contributed by atoms with van der Waals surface area (Å²) < 4.78 is 27.3. The van der Waals surface area contributed by atoms with Gasteiger partial charge in [0.15, 0.2) is 0 Å². The first-order chi connectivity index (χ1) is 4.72. The van der Waals surface area contributed by atoms with Crippen LogP contribution in [0.5, 0.6) is 0 Å². The van der Waals surface area contributed by atoms with Crippen molar-refractivity contribution in [2.45, 2.75) is 13.0 Å². The number of morpholine rings is 1. The van der Waals surface area contributed by atoms with Crippen molar-refractivity contribution in [1.82, 2.24) is 4.31 Å². The fourth-order valence-electron chi connectivity index (χ4n) is 0.933. The second-order valence-corrected chi connectivity index (χ2v) is 3.18. The van der Waals surface area contributed by atoms with Crippen LogP contribution in [0.1, 0.15) is 6.92 Å². The van der Waals surface area contributed by atoms with Gasteiger partial charge in [0.05, 0.1) is 13.2 Å². The van der Waals surface area contributed by atoms with Crippen LogP contribution in [-0.2, 0) is 16.0 Å². The topological polar surface area (TPSA) is 52.6 Å². The van der Waals surface area contributed by atoms with Crippen molar-refractivity contribution in [2.75, 3.05) is 19.8 Å². The highest BCUT2D eigenvalue weighted by molar-refractivity contribution is 7.76. The largest absolute Gasteiger partial charge is 0.760 e. The summed E-state index contributed by atoms with van der Waals surface area (Å²) in [6.07, 6.45) is 0. The van der Waals surface area contributed by atoms with E-state index < -0.39 is 11.3 Å². The average Bonchev–Trinajstić information content (AvgIpc) is 1.88. The fraction of sp³-hybridized carbons (Fsp3) is 1.00. The highest BCUT2D eigenvalue weighted by Crippen LogP contribution is 2.06. The molecule has 2 unspecified atom stereocenters. The minimum absolute atomic E-state index is 0.00733. The molecule has 1 aliphatic rings. The van der Waals surface area contributed by atoms with Crippen LogP contribution < -0.4 is 0 Å². The van der Waals surface area contributed by atoms with E-state index in [1.54, 1.807) is 0 Å². The van der Waals surface area contributed by atoms with Gasteiger partial charge in [-0.1, -0.05) is 0 Å². The Morgan fingerprint density at radius 3 is 2.90 bits per heavy atom. The van der Waals surface area contributed by atoms with E-state index in [0.29, 0.717) is 19.8 Å². The van der Waals surface area contributed by atoms with E-state index in [9.17, 15) is 8.76 Å². The molecule has 1 saturated heterocycles. The van der Waals surface area contributed by atoms with Gasteiger partial charge in [-0.2, -0.15) is 0 Å². The smallest absolute Gasteiger partial charge is 0.0629 e. The molecule has 1 rings (SSSR count). The third-order valence-corrected chi connectivity index (χ3v) is 2.42. The van der Waals surface area contributed by atoms with Crippen molar-refractivity contribution < 1.29 is 13.5 Å². The highest BCUT2D eigenvalue weighted by Gasteiger charge is 2.18. The van der Waals surface area contributed by atoms with Gasteiger partial charge < -0.3 is 9.29 Å². The molecule has 0 amide bonds. The first-order valence-electron chi connectivity index (χ1n) is 3.15. The summed E-state index contributed by atoms with van der Waals surface area (Å²) in [5, 5.41) is 0. The fourth-order valence-corrected chi connectivity index (χ4v) is 1.51. The van der Waals surface area contributed by atoms with Gasteiger partial charge in [0.25, 0.3) is 0 Å². The summed E-state index contributed by atoms with van der Waals surface area (Å²) in [6, 6.07) is -0.00733. The summed E-state index contributed by atoms with van der Waals surface area (Å²) in [4.78, 5) is 0. The van der Waals surface area contributed by atoms with Crippen molar-refractivity contribution in [3.8, 4) is 0 Å². The minimum atomic E-state index is -2.08. The highest BCUT2D eigenvalue weighted by atomic mass is 32.2. The third kappa shape index (κ3) is 1.76. The number of ether oxygens (including phenoxy) is 1. The quantitative estimate of drug-likeness (QED) is 0.491. The van der Waals surface area contributed by atoms with E-state index >= 15 is 0 Å². The van der Waals surface area contributed by atoms with Crippen LogP contribution >= 0.6 is 0 Å². The van der Waals surface area contributed by atoms with Gasteiger partial charge in [-0.3, -0.25) is 4.21 Å². The molecule has 1 fully saturated rings. The van der Waals surface area contributed by atoms with Crippen molar-refractivity contribution in [3.63, 3.8) is 0 Å². The van der Waals surface area contributed by atoms with E-state index in [2.05, 4.69) is 0 Å². The molecule has 10 heavy (non-hydrogen) atoms. The Morgan fingerprint density at radius 2 is 2.50 bits per heavy atom. The van der Waals surface area contributed by atoms with E-state index in [1.807, 2.05) is 6.92 Å². The van der Waals surface area contributed by atoms with E-state index in [4.69, 9.17) is 4.74 Å². The van der Waals surface area contributed by atoms with E-state index in [1.165, 1.54) is 4.31 Å². The Labute approximate surface area is 62.6 Å². The molecule has 4 nitrogen and oxygen atoms in total. The Morgan fingerprint density at radius 1 is 1.80 bits per heavy atom. The maximum Gasteiger partial charge on any atom is 0.0629 e. The Hall–Kier alpha value is 0.0300. The van der Waals surface area contributed by atoms with Crippen LogP contribution in [-0.4, -0.2) is 38.9 Å². The van der Waals surface area contributed by atoms with E-state index in [0.717, 1.165) is 0 Å². The van der Waals surface area contributed by atoms with E-state index in [-0.39, 0.29) is 6.04 Å². The second-order valence-electron chi connectivity index (χ2n) is 2.28. The predicted octanol–water partition coefficient (Wildman–Crippen LogP) is -0.499. The predicted molar refractivity (Wildman–Crippen MR) is 35.9 cm³/mol. The van der Waals surface area contributed by atoms with Crippen LogP contribution in [0.4, 0.5) is 0 Å². The van der Waals surface area contributed by atoms with Gasteiger partial charge in [-0.05, 0) is 6.92 Å². The number of nitrogens with zero attached hydrogens (tertiary/aromatic N) is 1. The summed E-state index contributed by atoms with van der Waals surface area (Å²) in [5.74, 6) is 0. The van der Waals surface area contributed by atoms with Crippen molar-refractivity contribution in [1.29, 1.82) is 0 Å². The average molecular weight is 164 g/mol. The standard InChI is InChI=1S/C5H11NO3S/c1-5-4-9-3-2-6(5)10(7)8/h5H,2-4H2,1H3,(H,7,8)/p-1. The van der Waals surface area contributed by atoms with Crippen molar-refractivity contribution in [3.05, 3.63) is 0 Å². The summed E-state index contributed by atoms with van der Waals surface area (Å²) in [6.45, 7) is 3.33. The molecule has 60 valence electrons. The molecule has 1 heterocycles. The number of hydrogen-bond donors (Lipinski definition) is 0. The van der Waals surface area contributed by atoms with Gasteiger partial charge in [-0.15, -0.1) is 0 Å².